The van der Waals surface area contributed by atoms with E-state index in [9.17, 15) is 4.79 Å². The number of nitrogens with zero attached hydrogens (tertiary/aromatic N) is 3. The van der Waals surface area contributed by atoms with Crippen LogP contribution in [0.5, 0.6) is 5.75 Å². The van der Waals surface area contributed by atoms with Gasteiger partial charge in [0.05, 0.1) is 12.8 Å². The van der Waals surface area contributed by atoms with Crippen LogP contribution in [0.3, 0.4) is 0 Å². The second-order valence-corrected chi connectivity index (χ2v) is 6.61. The molecule has 0 fully saturated rings. The number of hydrogen-bond donors (Lipinski definition) is 0. The standard InChI is InChI=1S/C18H22BrN3O2/c1-12-16(13(2)22(4)20-12)7-9-18(23)21(3)11-14-10-15(19)6-8-17(14)24-5/h6-10H,11H2,1-5H3. The van der Waals surface area contributed by atoms with Crippen molar-refractivity contribution in [2.45, 2.75) is 20.4 Å². The van der Waals surface area contributed by atoms with E-state index in [1.165, 1.54) is 0 Å². The van der Waals surface area contributed by atoms with E-state index in [0.29, 0.717) is 6.54 Å². The zero-order chi connectivity index (χ0) is 17.9. The van der Waals surface area contributed by atoms with Gasteiger partial charge >= 0.3 is 0 Å². The van der Waals surface area contributed by atoms with Crippen LogP contribution < -0.4 is 4.74 Å². The number of carbonyl (C=O) groups is 1. The van der Waals surface area contributed by atoms with Crippen LogP contribution in [0.25, 0.3) is 6.08 Å². The average Bonchev–Trinajstić information content (AvgIpc) is 2.78. The molecule has 1 amide bonds. The summed E-state index contributed by atoms with van der Waals surface area (Å²) in [6.07, 6.45) is 3.41. The van der Waals surface area contributed by atoms with Gasteiger partial charge in [0.15, 0.2) is 0 Å². The number of carbonyl (C=O) groups excluding carboxylic acids is 1. The lowest BCUT2D eigenvalue weighted by atomic mass is 10.1. The molecule has 0 aliphatic heterocycles. The molecule has 0 aliphatic rings. The number of aryl methyl sites for hydroxylation is 2. The highest BCUT2D eigenvalue weighted by Gasteiger charge is 2.12. The molecule has 1 aromatic carbocycles. The van der Waals surface area contributed by atoms with Crippen LogP contribution in [-0.4, -0.2) is 34.7 Å². The van der Waals surface area contributed by atoms with Crippen LogP contribution in [0.4, 0.5) is 0 Å². The number of aromatic nitrogens is 2. The van der Waals surface area contributed by atoms with Gasteiger partial charge < -0.3 is 9.64 Å². The summed E-state index contributed by atoms with van der Waals surface area (Å²) >= 11 is 3.45. The van der Waals surface area contributed by atoms with Crippen molar-refractivity contribution < 1.29 is 9.53 Å². The fourth-order valence-electron chi connectivity index (χ4n) is 2.52. The first-order chi connectivity index (χ1) is 11.3. The van der Waals surface area contributed by atoms with Gasteiger partial charge in [-0.1, -0.05) is 15.9 Å². The molecule has 2 rings (SSSR count). The Bertz CT molecular complexity index is 781. The van der Waals surface area contributed by atoms with E-state index < -0.39 is 0 Å². The summed E-state index contributed by atoms with van der Waals surface area (Å²) < 4.78 is 8.13. The molecule has 0 bridgehead atoms. The van der Waals surface area contributed by atoms with Crippen molar-refractivity contribution in [2.24, 2.45) is 7.05 Å². The van der Waals surface area contributed by atoms with Gasteiger partial charge in [0.25, 0.3) is 0 Å². The first kappa shape index (κ1) is 18.3. The number of ether oxygens (including phenoxy) is 1. The Morgan fingerprint density at radius 1 is 1.42 bits per heavy atom. The van der Waals surface area contributed by atoms with Crippen LogP contribution in [0, 0.1) is 13.8 Å². The van der Waals surface area contributed by atoms with Crippen LogP contribution in [0.15, 0.2) is 28.7 Å². The number of methoxy groups -OCH3 is 1. The van der Waals surface area contributed by atoms with Crippen molar-refractivity contribution in [3.8, 4) is 5.75 Å². The van der Waals surface area contributed by atoms with Gasteiger partial charge in [-0.05, 0) is 38.1 Å². The Balaban J connectivity index is 2.13. The molecule has 0 unspecified atom stereocenters. The van der Waals surface area contributed by atoms with Gasteiger partial charge in [0.2, 0.25) is 5.91 Å². The summed E-state index contributed by atoms with van der Waals surface area (Å²) in [5.41, 5.74) is 3.88. The molecule has 0 spiro atoms. The van der Waals surface area contributed by atoms with Crippen molar-refractivity contribution >= 4 is 27.9 Å². The number of halogens is 1. The molecule has 0 atom stereocenters. The smallest absolute Gasteiger partial charge is 0.246 e. The summed E-state index contributed by atoms with van der Waals surface area (Å²) in [6, 6.07) is 5.76. The predicted octanol–water partition coefficient (Wildman–Crippen LogP) is 3.48. The van der Waals surface area contributed by atoms with Crippen LogP contribution in [0.1, 0.15) is 22.5 Å². The van der Waals surface area contributed by atoms with Crippen LogP contribution in [0.2, 0.25) is 0 Å². The summed E-state index contributed by atoms with van der Waals surface area (Å²) in [5.74, 6) is 0.695. The third kappa shape index (κ3) is 4.06. The maximum absolute atomic E-state index is 12.4. The van der Waals surface area contributed by atoms with Gasteiger partial charge in [-0.25, -0.2) is 0 Å². The molecular formula is C18H22BrN3O2. The first-order valence-corrected chi connectivity index (χ1v) is 8.38. The number of rotatable bonds is 5. The van der Waals surface area contributed by atoms with E-state index >= 15 is 0 Å². The highest BCUT2D eigenvalue weighted by atomic mass is 79.9. The third-order valence-corrected chi connectivity index (χ3v) is 4.48. The maximum Gasteiger partial charge on any atom is 0.246 e. The molecule has 128 valence electrons. The van der Waals surface area contributed by atoms with E-state index in [4.69, 9.17) is 4.74 Å². The minimum Gasteiger partial charge on any atom is -0.496 e. The number of hydrogen-bond acceptors (Lipinski definition) is 3. The molecule has 1 aromatic heterocycles. The maximum atomic E-state index is 12.4. The second kappa shape index (κ2) is 7.66. The Hall–Kier alpha value is -2.08. The average molecular weight is 392 g/mol. The van der Waals surface area contributed by atoms with Gasteiger partial charge in [-0.3, -0.25) is 9.48 Å². The lowest BCUT2D eigenvalue weighted by molar-refractivity contribution is -0.125. The van der Waals surface area contributed by atoms with Crippen molar-refractivity contribution in [2.75, 3.05) is 14.2 Å². The van der Waals surface area contributed by atoms with Crippen molar-refractivity contribution in [1.82, 2.24) is 14.7 Å². The quantitative estimate of drug-likeness (QED) is 0.732. The van der Waals surface area contributed by atoms with Gasteiger partial charge in [-0.2, -0.15) is 5.10 Å². The molecular weight excluding hydrogens is 370 g/mol. The van der Waals surface area contributed by atoms with E-state index in [2.05, 4.69) is 21.0 Å². The first-order valence-electron chi connectivity index (χ1n) is 7.59. The molecule has 0 radical (unpaired) electrons. The van der Waals surface area contributed by atoms with Crippen LogP contribution >= 0.6 is 15.9 Å². The molecule has 1 heterocycles. The van der Waals surface area contributed by atoms with E-state index in [0.717, 1.165) is 32.7 Å². The Morgan fingerprint density at radius 2 is 2.12 bits per heavy atom. The molecule has 0 saturated carbocycles. The predicted molar refractivity (Wildman–Crippen MR) is 98.9 cm³/mol. The molecule has 5 nitrogen and oxygen atoms in total. The van der Waals surface area contributed by atoms with Gasteiger partial charge in [-0.15, -0.1) is 0 Å². The molecule has 24 heavy (non-hydrogen) atoms. The normalized spacial score (nSPS) is 11.1. The Kier molecular flexibility index (Phi) is 5.83. The zero-order valence-corrected chi connectivity index (χ0v) is 16.2. The topological polar surface area (TPSA) is 47.4 Å². The van der Waals surface area contributed by atoms with Crippen molar-refractivity contribution in [1.29, 1.82) is 0 Å². The lowest BCUT2D eigenvalue weighted by Crippen LogP contribution is -2.24. The SMILES string of the molecule is COc1ccc(Br)cc1CN(C)C(=O)C=Cc1c(C)nn(C)c1C. The summed E-state index contributed by atoms with van der Waals surface area (Å²) in [4.78, 5) is 14.0. The van der Waals surface area contributed by atoms with Crippen molar-refractivity contribution in [3.63, 3.8) is 0 Å². The number of amides is 1. The summed E-state index contributed by atoms with van der Waals surface area (Å²) in [7, 11) is 5.30. The second-order valence-electron chi connectivity index (χ2n) is 5.69. The number of benzene rings is 1. The lowest BCUT2D eigenvalue weighted by Gasteiger charge is -2.17. The fraction of sp³-hybridized carbons (Fsp3) is 0.333. The van der Waals surface area contributed by atoms with Gasteiger partial charge in [0.1, 0.15) is 5.75 Å². The highest BCUT2D eigenvalue weighted by Crippen LogP contribution is 2.24. The van der Waals surface area contributed by atoms with E-state index in [1.807, 2.05) is 49.9 Å². The zero-order valence-electron chi connectivity index (χ0n) is 14.6. The minimum absolute atomic E-state index is 0.0697. The van der Waals surface area contributed by atoms with E-state index in [1.54, 1.807) is 25.1 Å². The molecule has 0 N–H and O–H groups in total. The highest BCUT2D eigenvalue weighted by molar-refractivity contribution is 9.10. The Labute approximate surface area is 151 Å². The van der Waals surface area contributed by atoms with Gasteiger partial charge in [0, 0.05) is 48.0 Å². The molecule has 0 aliphatic carbocycles. The molecule has 0 saturated heterocycles. The Morgan fingerprint density at radius 3 is 2.71 bits per heavy atom. The largest absolute Gasteiger partial charge is 0.496 e. The fourth-order valence-corrected chi connectivity index (χ4v) is 2.93. The minimum atomic E-state index is -0.0697. The number of likely N-dealkylation sites (N-methyl/N-ethyl adjacent to an activating group) is 1. The molecule has 2 aromatic rings. The summed E-state index contributed by atoms with van der Waals surface area (Å²) in [6.45, 7) is 4.39. The van der Waals surface area contributed by atoms with Crippen LogP contribution in [-0.2, 0) is 18.4 Å². The summed E-state index contributed by atoms with van der Waals surface area (Å²) in [5, 5.41) is 4.35. The monoisotopic (exact) mass is 391 g/mol. The third-order valence-electron chi connectivity index (χ3n) is 3.98. The van der Waals surface area contributed by atoms with Crippen molar-refractivity contribution in [3.05, 3.63) is 51.3 Å². The molecule has 6 heteroatoms. The van der Waals surface area contributed by atoms with E-state index in [-0.39, 0.29) is 5.91 Å².